The van der Waals surface area contributed by atoms with Crippen LogP contribution >= 0.6 is 0 Å². The summed E-state index contributed by atoms with van der Waals surface area (Å²) in [5.41, 5.74) is 3.79. The molecule has 5 heteroatoms. The zero-order valence-electron chi connectivity index (χ0n) is 14.4. The molecule has 0 saturated carbocycles. The van der Waals surface area contributed by atoms with Crippen LogP contribution in [0.3, 0.4) is 0 Å². The zero-order chi connectivity index (χ0) is 16.9. The fraction of sp³-hybridized carbons (Fsp3) is 0.474. The van der Waals surface area contributed by atoms with Crippen LogP contribution in [0.5, 0.6) is 0 Å². The topological polar surface area (TPSA) is 47.4 Å². The summed E-state index contributed by atoms with van der Waals surface area (Å²) in [7, 11) is 3.56. The van der Waals surface area contributed by atoms with Crippen molar-refractivity contribution < 1.29 is 9.53 Å². The summed E-state index contributed by atoms with van der Waals surface area (Å²) < 4.78 is 6.94. The Hall–Kier alpha value is -2.14. The minimum Gasteiger partial charge on any atom is -0.383 e. The first-order valence-electron chi connectivity index (χ1n) is 8.49. The molecular formula is C19H25N3O2. The predicted molar refractivity (Wildman–Crippen MR) is 92.6 cm³/mol. The van der Waals surface area contributed by atoms with E-state index >= 15 is 0 Å². The number of carbonyl (C=O) groups is 1. The van der Waals surface area contributed by atoms with Crippen molar-refractivity contribution in [2.75, 3.05) is 20.3 Å². The first-order chi connectivity index (χ1) is 11.7. The van der Waals surface area contributed by atoms with E-state index in [0.717, 1.165) is 18.4 Å². The third kappa shape index (κ3) is 3.85. The maximum Gasteiger partial charge on any atom is 0.223 e. The molecule has 0 N–H and O–H groups in total. The molecule has 0 bridgehead atoms. The summed E-state index contributed by atoms with van der Waals surface area (Å²) >= 11 is 0. The Morgan fingerprint density at radius 1 is 1.42 bits per heavy atom. The predicted octanol–water partition coefficient (Wildman–Crippen LogP) is 2.52. The number of rotatable bonds is 7. The first kappa shape index (κ1) is 16.7. The smallest absolute Gasteiger partial charge is 0.223 e. The number of aryl methyl sites for hydroxylation is 2. The SMILES string of the molecule is COCCN(Cc1cnn(C)c1)C(=O)C[C@@H]1CCc2ccccc21. The second-order valence-corrected chi connectivity index (χ2v) is 6.47. The molecule has 1 aliphatic carbocycles. The maximum absolute atomic E-state index is 12.9. The van der Waals surface area contributed by atoms with Gasteiger partial charge in [0.2, 0.25) is 5.91 Å². The lowest BCUT2D eigenvalue weighted by atomic mass is 9.97. The Morgan fingerprint density at radius 3 is 3.00 bits per heavy atom. The lowest BCUT2D eigenvalue weighted by Crippen LogP contribution is -2.34. The van der Waals surface area contributed by atoms with E-state index < -0.39 is 0 Å². The average molecular weight is 327 g/mol. The highest BCUT2D eigenvalue weighted by Gasteiger charge is 2.26. The quantitative estimate of drug-likeness (QED) is 0.785. The number of aromatic nitrogens is 2. The summed E-state index contributed by atoms with van der Waals surface area (Å²) in [4.78, 5) is 14.8. The van der Waals surface area contributed by atoms with E-state index in [-0.39, 0.29) is 5.91 Å². The number of methoxy groups -OCH3 is 1. The van der Waals surface area contributed by atoms with Gasteiger partial charge in [0, 0.05) is 45.4 Å². The largest absolute Gasteiger partial charge is 0.383 e. The second-order valence-electron chi connectivity index (χ2n) is 6.47. The molecular weight excluding hydrogens is 302 g/mol. The molecule has 1 aromatic heterocycles. The van der Waals surface area contributed by atoms with E-state index in [1.807, 2.05) is 24.3 Å². The molecule has 5 nitrogen and oxygen atoms in total. The second kappa shape index (κ2) is 7.62. The minimum absolute atomic E-state index is 0.192. The van der Waals surface area contributed by atoms with Crippen LogP contribution in [-0.4, -0.2) is 40.8 Å². The van der Waals surface area contributed by atoms with E-state index in [1.54, 1.807) is 11.8 Å². The number of nitrogens with zero attached hydrogens (tertiary/aromatic N) is 3. The van der Waals surface area contributed by atoms with Gasteiger partial charge in [-0.1, -0.05) is 24.3 Å². The van der Waals surface area contributed by atoms with Gasteiger partial charge in [0.1, 0.15) is 0 Å². The number of benzene rings is 1. The van der Waals surface area contributed by atoms with Crippen molar-refractivity contribution in [1.82, 2.24) is 14.7 Å². The molecule has 0 spiro atoms. The molecule has 1 atom stereocenters. The van der Waals surface area contributed by atoms with Crippen molar-refractivity contribution >= 4 is 5.91 Å². The average Bonchev–Trinajstić information content (AvgIpc) is 3.18. The van der Waals surface area contributed by atoms with Gasteiger partial charge in [-0.3, -0.25) is 9.48 Å². The molecule has 1 aliphatic rings. The van der Waals surface area contributed by atoms with Crippen LogP contribution < -0.4 is 0 Å². The van der Waals surface area contributed by atoms with Gasteiger partial charge >= 0.3 is 0 Å². The van der Waals surface area contributed by atoms with Crippen molar-refractivity contribution in [1.29, 1.82) is 0 Å². The normalized spacial score (nSPS) is 16.2. The van der Waals surface area contributed by atoms with Crippen LogP contribution in [0, 0.1) is 0 Å². The summed E-state index contributed by atoms with van der Waals surface area (Å²) in [6.07, 6.45) is 6.49. The number of fused-ring (bicyclic) bond motifs is 1. The maximum atomic E-state index is 12.9. The monoisotopic (exact) mass is 327 g/mol. The molecule has 1 aromatic carbocycles. The van der Waals surface area contributed by atoms with Gasteiger partial charge in [0.25, 0.3) is 0 Å². The first-order valence-corrected chi connectivity index (χ1v) is 8.49. The van der Waals surface area contributed by atoms with Gasteiger partial charge in [-0.15, -0.1) is 0 Å². The fourth-order valence-corrected chi connectivity index (χ4v) is 3.46. The molecule has 2 aromatic rings. The lowest BCUT2D eigenvalue weighted by Gasteiger charge is -2.23. The summed E-state index contributed by atoms with van der Waals surface area (Å²) in [6.45, 7) is 1.75. The van der Waals surface area contributed by atoms with E-state index in [9.17, 15) is 4.79 Å². The minimum atomic E-state index is 0.192. The van der Waals surface area contributed by atoms with Crippen molar-refractivity contribution in [3.63, 3.8) is 0 Å². The van der Waals surface area contributed by atoms with E-state index in [4.69, 9.17) is 4.74 Å². The van der Waals surface area contributed by atoms with Crippen molar-refractivity contribution in [3.05, 3.63) is 53.3 Å². The molecule has 24 heavy (non-hydrogen) atoms. The number of carbonyl (C=O) groups excluding carboxylic acids is 1. The highest BCUT2D eigenvalue weighted by Crippen LogP contribution is 2.35. The third-order valence-corrected chi connectivity index (χ3v) is 4.73. The van der Waals surface area contributed by atoms with Crippen molar-refractivity contribution in [2.24, 2.45) is 7.05 Å². The van der Waals surface area contributed by atoms with Crippen molar-refractivity contribution in [3.8, 4) is 0 Å². The van der Waals surface area contributed by atoms with Gasteiger partial charge < -0.3 is 9.64 Å². The van der Waals surface area contributed by atoms with Gasteiger partial charge in [-0.2, -0.15) is 5.10 Å². The van der Waals surface area contributed by atoms with Gasteiger partial charge in [-0.05, 0) is 29.9 Å². The molecule has 3 rings (SSSR count). The Kier molecular flexibility index (Phi) is 5.30. The molecule has 1 amide bonds. The Labute approximate surface area is 143 Å². The number of hydrogen-bond acceptors (Lipinski definition) is 3. The molecule has 1 heterocycles. The molecule has 0 saturated heterocycles. The van der Waals surface area contributed by atoms with Crippen LogP contribution in [-0.2, 0) is 29.5 Å². The van der Waals surface area contributed by atoms with E-state index in [1.165, 1.54) is 11.1 Å². The molecule has 0 unspecified atom stereocenters. The number of ether oxygens (including phenoxy) is 1. The Morgan fingerprint density at radius 2 is 2.25 bits per heavy atom. The zero-order valence-corrected chi connectivity index (χ0v) is 14.4. The summed E-state index contributed by atoms with van der Waals surface area (Å²) in [6, 6.07) is 8.50. The van der Waals surface area contributed by atoms with Crippen LogP contribution in [0.15, 0.2) is 36.7 Å². The van der Waals surface area contributed by atoms with E-state index in [0.29, 0.717) is 32.0 Å². The van der Waals surface area contributed by atoms with Gasteiger partial charge in [-0.25, -0.2) is 0 Å². The third-order valence-electron chi connectivity index (χ3n) is 4.73. The summed E-state index contributed by atoms with van der Waals surface area (Å²) in [5.74, 6) is 0.533. The lowest BCUT2D eigenvalue weighted by molar-refractivity contribution is -0.132. The molecule has 0 aliphatic heterocycles. The Balaban J connectivity index is 1.67. The molecule has 0 radical (unpaired) electrons. The standard InChI is InChI=1S/C19H25N3O2/c1-21-13-15(12-20-21)14-22(9-10-24-2)19(23)11-17-8-7-16-5-3-4-6-18(16)17/h3-6,12-13,17H,7-11,14H2,1-2H3/t17-/m0/s1. The number of amides is 1. The van der Waals surface area contributed by atoms with Gasteiger partial charge in [0.05, 0.1) is 12.8 Å². The van der Waals surface area contributed by atoms with Crippen LogP contribution in [0.1, 0.15) is 35.4 Å². The summed E-state index contributed by atoms with van der Waals surface area (Å²) in [5, 5.41) is 4.19. The van der Waals surface area contributed by atoms with Crippen LogP contribution in [0.25, 0.3) is 0 Å². The van der Waals surface area contributed by atoms with Crippen LogP contribution in [0.2, 0.25) is 0 Å². The highest BCUT2D eigenvalue weighted by atomic mass is 16.5. The highest BCUT2D eigenvalue weighted by molar-refractivity contribution is 5.77. The fourth-order valence-electron chi connectivity index (χ4n) is 3.46. The Bertz CT molecular complexity index is 695. The van der Waals surface area contributed by atoms with E-state index in [2.05, 4.69) is 29.4 Å². The molecule has 0 fully saturated rings. The molecule has 128 valence electrons. The number of hydrogen-bond donors (Lipinski definition) is 0. The van der Waals surface area contributed by atoms with Crippen molar-refractivity contribution in [2.45, 2.75) is 31.7 Å². The van der Waals surface area contributed by atoms with Gasteiger partial charge in [0.15, 0.2) is 0 Å². The van der Waals surface area contributed by atoms with Crippen LogP contribution in [0.4, 0.5) is 0 Å².